The van der Waals surface area contributed by atoms with Gasteiger partial charge in [0.2, 0.25) is 0 Å². The first-order valence-corrected chi connectivity index (χ1v) is 9.58. The van der Waals surface area contributed by atoms with Gasteiger partial charge in [0.25, 0.3) is 5.92 Å². The zero-order chi connectivity index (χ0) is 21.8. The van der Waals surface area contributed by atoms with E-state index in [-0.39, 0.29) is 18.6 Å². The van der Waals surface area contributed by atoms with Crippen LogP contribution in [0.15, 0.2) is 52.5 Å². The number of Topliss-reactive ketones (excluding diaryl/α,β-unsaturated/α-hetero) is 1. The van der Waals surface area contributed by atoms with E-state index >= 15 is 0 Å². The minimum absolute atomic E-state index is 0.154. The lowest BCUT2D eigenvalue weighted by Gasteiger charge is -2.40. The smallest absolute Gasteiger partial charge is 0.287 e. The number of benzene rings is 1. The first-order chi connectivity index (χ1) is 13.5. The van der Waals surface area contributed by atoms with Crippen LogP contribution in [0.25, 0.3) is 0 Å². The molecule has 1 aliphatic rings. The van der Waals surface area contributed by atoms with Gasteiger partial charge in [-0.15, -0.1) is 0 Å². The molecule has 0 bridgehead atoms. The highest BCUT2D eigenvalue weighted by Gasteiger charge is 2.58. The second-order valence-electron chi connectivity index (χ2n) is 7.51. The summed E-state index contributed by atoms with van der Waals surface area (Å²) in [5, 5.41) is 0. The van der Waals surface area contributed by atoms with Crippen molar-refractivity contribution in [2.75, 3.05) is 7.05 Å². The summed E-state index contributed by atoms with van der Waals surface area (Å²) in [4.78, 5) is 20.9. The summed E-state index contributed by atoms with van der Waals surface area (Å²) in [6.07, 6.45) is 5.32. The Balaban J connectivity index is 2.14. The third-order valence-electron chi connectivity index (χ3n) is 5.35. The molecular weight excluding hydrogens is 377 g/mol. The van der Waals surface area contributed by atoms with Crippen molar-refractivity contribution in [3.05, 3.63) is 59.2 Å². The van der Waals surface area contributed by atoms with Crippen molar-refractivity contribution < 1.29 is 18.0 Å². The fraction of sp³-hybridized carbons (Fsp3) is 0.435. The predicted molar refractivity (Wildman–Crippen MR) is 112 cm³/mol. The maximum absolute atomic E-state index is 14.4. The second kappa shape index (κ2) is 8.89. The van der Waals surface area contributed by atoms with E-state index in [1.807, 2.05) is 13.0 Å². The number of nitrogens with zero attached hydrogens (tertiary/aromatic N) is 2. The molecule has 0 saturated heterocycles. The highest BCUT2D eigenvalue weighted by Crippen LogP contribution is 2.50. The molecule has 0 heterocycles. The van der Waals surface area contributed by atoms with Crippen molar-refractivity contribution in [2.45, 2.75) is 57.5 Å². The minimum Gasteiger partial charge on any atom is -0.294 e. The van der Waals surface area contributed by atoms with Gasteiger partial charge in [0.15, 0.2) is 11.5 Å². The third kappa shape index (κ3) is 4.74. The molecule has 0 N–H and O–H groups in total. The van der Waals surface area contributed by atoms with Crippen molar-refractivity contribution in [1.29, 1.82) is 0 Å². The quantitative estimate of drug-likeness (QED) is 0.330. The molecule has 2 unspecified atom stereocenters. The lowest BCUT2D eigenvalue weighted by molar-refractivity contribution is -0.150. The van der Waals surface area contributed by atoms with Crippen LogP contribution < -0.4 is 0 Å². The number of hydrogen-bond donors (Lipinski definition) is 0. The molecule has 0 aliphatic heterocycles. The van der Waals surface area contributed by atoms with Gasteiger partial charge in [-0.3, -0.25) is 9.79 Å². The molecule has 0 saturated carbocycles. The van der Waals surface area contributed by atoms with E-state index in [1.54, 1.807) is 31.5 Å². The summed E-state index contributed by atoms with van der Waals surface area (Å²) in [7, 11) is 1.60. The summed E-state index contributed by atoms with van der Waals surface area (Å²) in [6, 6.07) is 4.64. The lowest BCUT2D eigenvalue weighted by Crippen LogP contribution is -2.50. The maximum Gasteiger partial charge on any atom is 0.287 e. The SMILES string of the molecule is C=C(CCC(=O)c1ccc2c(c1)C(C)C(F)(F)C(C)(F)C2)C(/N=C\C=C/C)=N\C. The number of hydrogen-bond acceptors (Lipinski definition) is 2. The number of amidine groups is 1. The van der Waals surface area contributed by atoms with Crippen LogP contribution in [0.4, 0.5) is 13.2 Å². The molecule has 1 aromatic carbocycles. The van der Waals surface area contributed by atoms with E-state index in [9.17, 15) is 18.0 Å². The first-order valence-electron chi connectivity index (χ1n) is 9.58. The number of carbonyl (C=O) groups excluding carboxylic acids is 1. The Morgan fingerprint density at radius 3 is 2.62 bits per heavy atom. The molecule has 0 fully saturated rings. The van der Waals surface area contributed by atoms with Crippen molar-refractivity contribution in [2.24, 2.45) is 9.98 Å². The van der Waals surface area contributed by atoms with Gasteiger partial charge in [-0.25, -0.2) is 18.2 Å². The monoisotopic (exact) mass is 404 g/mol. The second-order valence-corrected chi connectivity index (χ2v) is 7.51. The summed E-state index contributed by atoms with van der Waals surface area (Å²) in [5.74, 6) is -4.53. The van der Waals surface area contributed by atoms with Gasteiger partial charge in [-0.1, -0.05) is 31.7 Å². The molecule has 3 nitrogen and oxygen atoms in total. The Morgan fingerprint density at radius 1 is 1.31 bits per heavy atom. The molecular formula is C23H27F3N2O. The largest absolute Gasteiger partial charge is 0.294 e. The molecule has 0 radical (unpaired) electrons. The van der Waals surface area contributed by atoms with Crippen LogP contribution in [0.5, 0.6) is 0 Å². The number of alkyl halides is 3. The van der Waals surface area contributed by atoms with Crippen LogP contribution in [0.2, 0.25) is 0 Å². The standard InChI is InChI=1S/C23H27F3N2O/c1-6-7-12-28-21(27-5)15(2)8-11-20(29)17-9-10-18-14-22(4,24)23(25,26)16(3)19(18)13-17/h6-7,9-10,12-13,16H,2,8,11,14H2,1,3-5H3/b7-6-,27-21+,28-12-. The fourth-order valence-electron chi connectivity index (χ4n) is 3.48. The number of halogens is 3. The van der Waals surface area contributed by atoms with Crippen LogP contribution in [0.1, 0.15) is 61.0 Å². The highest BCUT2D eigenvalue weighted by molar-refractivity contribution is 6.04. The number of allylic oxidation sites excluding steroid dienone is 2. The summed E-state index contributed by atoms with van der Waals surface area (Å²) < 4.78 is 43.2. The first kappa shape index (κ1) is 22.8. The zero-order valence-corrected chi connectivity index (χ0v) is 17.3. The van der Waals surface area contributed by atoms with Crippen LogP contribution in [0, 0.1) is 0 Å². The van der Waals surface area contributed by atoms with Crippen molar-refractivity contribution >= 4 is 17.8 Å². The number of fused-ring (bicyclic) bond motifs is 1. The van der Waals surface area contributed by atoms with Crippen LogP contribution in [0.3, 0.4) is 0 Å². The molecule has 1 aliphatic carbocycles. The normalized spacial score (nSPS) is 24.1. The number of aliphatic imine (C=N–C) groups is 2. The zero-order valence-electron chi connectivity index (χ0n) is 17.3. The Morgan fingerprint density at radius 2 is 2.00 bits per heavy atom. The third-order valence-corrected chi connectivity index (χ3v) is 5.35. The molecule has 2 atom stereocenters. The Hall–Kier alpha value is -2.50. The minimum atomic E-state index is -3.49. The van der Waals surface area contributed by atoms with Crippen molar-refractivity contribution in [3.8, 4) is 0 Å². The molecule has 29 heavy (non-hydrogen) atoms. The summed E-state index contributed by atoms with van der Waals surface area (Å²) >= 11 is 0. The van der Waals surface area contributed by atoms with Gasteiger partial charge in [0.05, 0.1) is 0 Å². The van der Waals surface area contributed by atoms with E-state index in [1.165, 1.54) is 13.0 Å². The molecule has 156 valence electrons. The lowest BCUT2D eigenvalue weighted by atomic mass is 9.73. The van der Waals surface area contributed by atoms with E-state index < -0.39 is 17.5 Å². The fourth-order valence-corrected chi connectivity index (χ4v) is 3.48. The van der Waals surface area contributed by atoms with E-state index in [4.69, 9.17) is 0 Å². The van der Waals surface area contributed by atoms with Gasteiger partial charge >= 0.3 is 0 Å². The Bertz CT molecular complexity index is 882. The molecule has 1 aromatic rings. The topological polar surface area (TPSA) is 41.8 Å². The van der Waals surface area contributed by atoms with E-state index in [0.717, 1.165) is 6.92 Å². The van der Waals surface area contributed by atoms with Gasteiger partial charge in [0.1, 0.15) is 5.84 Å². The van der Waals surface area contributed by atoms with Crippen LogP contribution in [-0.2, 0) is 6.42 Å². The average molecular weight is 404 g/mol. The van der Waals surface area contributed by atoms with Crippen LogP contribution in [-0.4, -0.2) is 36.5 Å². The van der Waals surface area contributed by atoms with Gasteiger partial charge < -0.3 is 0 Å². The molecule has 0 spiro atoms. The molecule has 2 rings (SSSR count). The van der Waals surface area contributed by atoms with Gasteiger partial charge in [0, 0.05) is 37.6 Å². The number of rotatable bonds is 6. The molecule has 0 amide bonds. The Kier molecular flexibility index (Phi) is 6.98. The van der Waals surface area contributed by atoms with Gasteiger partial charge in [-0.2, -0.15) is 0 Å². The number of ketones is 1. The predicted octanol–water partition coefficient (Wildman–Crippen LogP) is 5.90. The summed E-state index contributed by atoms with van der Waals surface area (Å²) in [5.41, 5.74) is -0.789. The highest BCUT2D eigenvalue weighted by atomic mass is 19.3. The molecule has 6 heteroatoms. The maximum atomic E-state index is 14.4. The molecule has 0 aromatic heterocycles. The van der Waals surface area contributed by atoms with E-state index in [2.05, 4.69) is 16.6 Å². The van der Waals surface area contributed by atoms with Crippen molar-refractivity contribution in [1.82, 2.24) is 0 Å². The van der Waals surface area contributed by atoms with Crippen LogP contribution >= 0.6 is 0 Å². The summed E-state index contributed by atoms with van der Waals surface area (Å²) in [6.45, 7) is 8.03. The number of carbonyl (C=O) groups is 1. The van der Waals surface area contributed by atoms with Crippen molar-refractivity contribution in [3.63, 3.8) is 0 Å². The Labute approximate surface area is 170 Å². The van der Waals surface area contributed by atoms with Gasteiger partial charge in [-0.05, 0) is 49.1 Å². The average Bonchev–Trinajstić information content (AvgIpc) is 2.67. The van der Waals surface area contributed by atoms with E-state index in [0.29, 0.717) is 34.5 Å².